The van der Waals surface area contributed by atoms with Crippen molar-refractivity contribution in [2.75, 3.05) is 0 Å². The minimum Gasteiger partial charge on any atom is -0.341 e. The second-order valence-electron chi connectivity index (χ2n) is 6.02. The van der Waals surface area contributed by atoms with Crippen LogP contribution in [0.5, 0.6) is 0 Å². The number of nitrogens with zero attached hydrogens (tertiary/aromatic N) is 8. The molecule has 0 unspecified atom stereocenters. The van der Waals surface area contributed by atoms with E-state index in [1.807, 2.05) is 16.7 Å². The van der Waals surface area contributed by atoms with Crippen molar-refractivity contribution < 1.29 is 0 Å². The number of fused-ring (bicyclic) bond motifs is 2. The molecule has 4 heterocycles. The van der Waals surface area contributed by atoms with Gasteiger partial charge in [0.2, 0.25) is 10.6 Å². The van der Waals surface area contributed by atoms with E-state index in [0.717, 1.165) is 5.56 Å². The van der Waals surface area contributed by atoms with Crippen LogP contribution < -0.4 is 0 Å². The van der Waals surface area contributed by atoms with Gasteiger partial charge in [0.1, 0.15) is 11.0 Å². The molecule has 0 spiro atoms. The van der Waals surface area contributed by atoms with Crippen LogP contribution in [0.3, 0.4) is 0 Å². The third-order valence-electron chi connectivity index (χ3n) is 4.04. The molecule has 0 bridgehead atoms. The summed E-state index contributed by atoms with van der Waals surface area (Å²) in [6.07, 6.45) is 3.13. The molecular formula is C18H9Cl4N9. The molecular weight excluding hydrogens is 484 g/mol. The van der Waals surface area contributed by atoms with Crippen LogP contribution in [-0.2, 0) is 6.54 Å². The van der Waals surface area contributed by atoms with Gasteiger partial charge in [-0.25, -0.2) is 19.9 Å². The van der Waals surface area contributed by atoms with Crippen LogP contribution in [0.1, 0.15) is 11.1 Å². The molecule has 154 valence electrons. The zero-order valence-corrected chi connectivity index (χ0v) is 18.3. The van der Waals surface area contributed by atoms with E-state index in [1.165, 1.54) is 6.33 Å². The maximum Gasteiger partial charge on any atom is 0.225 e. The summed E-state index contributed by atoms with van der Waals surface area (Å²) in [6.45, 7) is 0.561. The lowest BCUT2D eigenvalue weighted by Gasteiger charge is -2.04. The fraction of sp³-hybridized carbons (Fsp3) is 0.0556. The zero-order valence-electron chi connectivity index (χ0n) is 15.3. The van der Waals surface area contributed by atoms with Crippen LogP contribution in [0.4, 0.5) is 0 Å². The third kappa shape index (κ3) is 4.68. The number of hydrogen-bond acceptors (Lipinski definition) is 7. The van der Waals surface area contributed by atoms with Crippen molar-refractivity contribution in [3.8, 4) is 6.07 Å². The lowest BCUT2D eigenvalue weighted by molar-refractivity contribution is 0.813. The summed E-state index contributed by atoms with van der Waals surface area (Å²) in [7, 11) is 0. The molecule has 0 saturated carbocycles. The molecule has 5 rings (SSSR count). The number of imidazole rings is 2. The van der Waals surface area contributed by atoms with Gasteiger partial charge < -0.3 is 9.55 Å². The summed E-state index contributed by atoms with van der Waals surface area (Å²) in [5.74, 6) is 0. The van der Waals surface area contributed by atoms with Gasteiger partial charge in [0.05, 0.1) is 30.8 Å². The van der Waals surface area contributed by atoms with Gasteiger partial charge in [-0.3, -0.25) is 0 Å². The summed E-state index contributed by atoms with van der Waals surface area (Å²) in [5, 5.41) is 9.49. The number of nitrogens with one attached hydrogen (secondary N) is 1. The van der Waals surface area contributed by atoms with Crippen LogP contribution in [-0.4, -0.2) is 39.5 Å². The van der Waals surface area contributed by atoms with Gasteiger partial charge in [-0.15, -0.1) is 0 Å². The number of halogens is 4. The van der Waals surface area contributed by atoms with Crippen molar-refractivity contribution in [3.05, 3.63) is 68.9 Å². The van der Waals surface area contributed by atoms with Crippen molar-refractivity contribution >= 4 is 68.7 Å². The first-order valence-corrected chi connectivity index (χ1v) is 10.0. The molecule has 5 aromatic rings. The predicted molar refractivity (Wildman–Crippen MR) is 117 cm³/mol. The van der Waals surface area contributed by atoms with E-state index >= 15 is 0 Å². The van der Waals surface area contributed by atoms with Crippen LogP contribution in [0.15, 0.2) is 36.9 Å². The Bertz CT molecular complexity index is 1420. The number of benzene rings is 1. The molecule has 0 amide bonds. The maximum absolute atomic E-state index is 8.78. The topological polar surface area (TPSA) is 122 Å². The van der Waals surface area contributed by atoms with E-state index in [4.69, 9.17) is 51.7 Å². The highest BCUT2D eigenvalue weighted by Gasteiger charge is 2.11. The highest BCUT2D eigenvalue weighted by atomic mass is 35.5. The van der Waals surface area contributed by atoms with Crippen molar-refractivity contribution in [2.45, 2.75) is 6.54 Å². The number of rotatable bonds is 2. The standard InChI is InChI=1S/C13H7Cl2N5.C5H2Cl2N4/c14-11-10-12(19-13(15)18-11)20(7-17-10)6-9-3-1-8(5-16)2-4-9;6-3-2-4(9-1-8-2)11-5(7)10-3/h1-4,7H,6H2;1H,(H,8,9,10,11). The van der Waals surface area contributed by atoms with E-state index in [-0.39, 0.29) is 20.9 Å². The summed E-state index contributed by atoms with van der Waals surface area (Å²) in [4.78, 5) is 26.4. The third-order valence-corrected chi connectivity index (χ3v) is 4.92. The lowest BCUT2D eigenvalue weighted by Crippen LogP contribution is -2.00. The van der Waals surface area contributed by atoms with Crippen LogP contribution in [0.25, 0.3) is 22.3 Å². The predicted octanol–water partition coefficient (Wildman–Crippen LogP) is 4.71. The fourth-order valence-electron chi connectivity index (χ4n) is 2.65. The van der Waals surface area contributed by atoms with Gasteiger partial charge in [-0.1, -0.05) is 35.3 Å². The van der Waals surface area contributed by atoms with Crippen LogP contribution >= 0.6 is 46.4 Å². The monoisotopic (exact) mass is 491 g/mol. The van der Waals surface area contributed by atoms with Crippen molar-refractivity contribution in [1.29, 1.82) is 5.26 Å². The van der Waals surface area contributed by atoms with Gasteiger partial charge in [0.15, 0.2) is 21.6 Å². The first-order chi connectivity index (χ1) is 14.9. The van der Waals surface area contributed by atoms with E-state index in [2.05, 4.69) is 41.0 Å². The number of aromatic amines is 1. The van der Waals surface area contributed by atoms with E-state index < -0.39 is 0 Å². The van der Waals surface area contributed by atoms with Crippen molar-refractivity contribution in [3.63, 3.8) is 0 Å². The van der Waals surface area contributed by atoms with E-state index in [1.54, 1.807) is 18.5 Å². The summed E-state index contributed by atoms with van der Waals surface area (Å²) in [5.41, 5.74) is 3.84. The molecule has 0 aliphatic heterocycles. The number of hydrogen-bond donors (Lipinski definition) is 1. The highest BCUT2D eigenvalue weighted by Crippen LogP contribution is 2.21. The summed E-state index contributed by atoms with van der Waals surface area (Å²) >= 11 is 23.0. The summed E-state index contributed by atoms with van der Waals surface area (Å²) < 4.78 is 1.83. The largest absolute Gasteiger partial charge is 0.341 e. The molecule has 0 aliphatic rings. The molecule has 13 heteroatoms. The Kier molecular flexibility index (Phi) is 6.15. The fourth-order valence-corrected chi connectivity index (χ4v) is 3.50. The average molecular weight is 493 g/mol. The number of H-pyrrole nitrogens is 1. The van der Waals surface area contributed by atoms with Crippen molar-refractivity contribution in [1.82, 2.24) is 39.5 Å². The highest BCUT2D eigenvalue weighted by molar-refractivity contribution is 6.35. The van der Waals surface area contributed by atoms with E-state index in [0.29, 0.717) is 34.4 Å². The Labute approximate surface area is 194 Å². The Morgan fingerprint density at radius 2 is 1.61 bits per heavy atom. The van der Waals surface area contributed by atoms with E-state index in [9.17, 15) is 0 Å². The molecule has 9 nitrogen and oxygen atoms in total. The molecule has 31 heavy (non-hydrogen) atoms. The number of aromatic nitrogens is 8. The Morgan fingerprint density at radius 1 is 0.903 bits per heavy atom. The van der Waals surface area contributed by atoms with Crippen molar-refractivity contribution in [2.24, 2.45) is 0 Å². The van der Waals surface area contributed by atoms with Crippen LogP contribution in [0.2, 0.25) is 20.9 Å². The Morgan fingerprint density at radius 3 is 2.35 bits per heavy atom. The van der Waals surface area contributed by atoms with Crippen LogP contribution in [0, 0.1) is 11.3 Å². The second kappa shape index (κ2) is 8.99. The molecule has 1 aromatic carbocycles. The van der Waals surface area contributed by atoms with Gasteiger partial charge in [0, 0.05) is 0 Å². The molecule has 4 aromatic heterocycles. The molecule has 1 N–H and O–H groups in total. The first kappa shape index (κ1) is 21.2. The minimum atomic E-state index is 0.0871. The zero-order chi connectivity index (χ0) is 22.0. The lowest BCUT2D eigenvalue weighted by atomic mass is 10.1. The minimum absolute atomic E-state index is 0.0871. The molecule has 0 atom stereocenters. The first-order valence-electron chi connectivity index (χ1n) is 8.49. The quantitative estimate of drug-likeness (QED) is 0.279. The Hall–Kier alpha value is -3.03. The van der Waals surface area contributed by atoms with Gasteiger partial charge in [-0.2, -0.15) is 15.2 Å². The maximum atomic E-state index is 8.78. The average Bonchev–Trinajstić information content (AvgIpc) is 3.37. The van der Waals surface area contributed by atoms with Gasteiger partial charge in [0.25, 0.3) is 0 Å². The number of nitriles is 1. The second-order valence-corrected chi connectivity index (χ2v) is 7.41. The van der Waals surface area contributed by atoms with Gasteiger partial charge >= 0.3 is 0 Å². The molecule has 0 radical (unpaired) electrons. The molecule has 0 aliphatic carbocycles. The molecule has 0 saturated heterocycles. The molecule has 0 fully saturated rings. The summed E-state index contributed by atoms with van der Waals surface area (Å²) in [6, 6.07) is 9.38. The smallest absolute Gasteiger partial charge is 0.225 e. The SMILES string of the molecule is Clc1nc(Cl)c2[nH]cnc2n1.N#Cc1ccc(Cn2cnc3c(Cl)nc(Cl)nc32)cc1. The van der Waals surface area contributed by atoms with Gasteiger partial charge in [-0.05, 0) is 40.9 Å². The Balaban J connectivity index is 0.000000177. The normalized spacial score (nSPS) is 10.7.